The molecule has 0 aromatic heterocycles. The van der Waals surface area contributed by atoms with Crippen molar-refractivity contribution in [2.24, 2.45) is 5.92 Å². The second-order valence-electron chi connectivity index (χ2n) is 7.21. The summed E-state index contributed by atoms with van der Waals surface area (Å²) in [5.74, 6) is 1.000. The highest BCUT2D eigenvalue weighted by Crippen LogP contribution is 2.33. The number of carbonyl (C=O) groups is 1. The van der Waals surface area contributed by atoms with Crippen molar-refractivity contribution in [2.75, 3.05) is 20.6 Å². The van der Waals surface area contributed by atoms with E-state index in [9.17, 15) is 4.79 Å². The summed E-state index contributed by atoms with van der Waals surface area (Å²) in [6.45, 7) is 5.33. The average Bonchev–Trinajstić information content (AvgIpc) is 3.03. The lowest BCUT2D eigenvalue weighted by Crippen LogP contribution is -2.50. The molecule has 0 aromatic rings. The highest BCUT2D eigenvalue weighted by Gasteiger charge is 2.44. The summed E-state index contributed by atoms with van der Waals surface area (Å²) in [5.41, 5.74) is 0. The van der Waals surface area contributed by atoms with Crippen molar-refractivity contribution in [3.63, 3.8) is 0 Å². The number of likely N-dealkylation sites (N-methyl/N-ethyl adjacent to an activating group) is 1. The topological polar surface area (TPSA) is 35.6 Å². The van der Waals surface area contributed by atoms with Crippen LogP contribution in [0.2, 0.25) is 0 Å². The van der Waals surface area contributed by atoms with E-state index in [1.165, 1.54) is 25.7 Å². The first-order valence-corrected chi connectivity index (χ1v) is 8.77. The Morgan fingerprint density at radius 3 is 2.57 bits per heavy atom. The van der Waals surface area contributed by atoms with E-state index in [1.54, 1.807) is 0 Å². The maximum Gasteiger partial charge on any atom is 0.241 e. The third-order valence-electron chi connectivity index (χ3n) is 5.02. The molecule has 1 N–H and O–H groups in total. The standard InChI is InChI=1S/C17H33N3O/c1-5-6-11-15-17(21)20(13(2)12-19(3)4)16(18-15)14-9-7-8-10-14/h13-16,18H,5-12H2,1-4H3. The molecule has 1 saturated heterocycles. The van der Waals surface area contributed by atoms with Crippen molar-refractivity contribution in [1.82, 2.24) is 15.1 Å². The summed E-state index contributed by atoms with van der Waals surface area (Å²) in [7, 11) is 4.17. The third kappa shape index (κ3) is 3.98. The van der Waals surface area contributed by atoms with E-state index < -0.39 is 0 Å². The van der Waals surface area contributed by atoms with Gasteiger partial charge in [0, 0.05) is 12.6 Å². The van der Waals surface area contributed by atoms with Crippen LogP contribution in [0.25, 0.3) is 0 Å². The first-order chi connectivity index (χ1) is 10.0. The molecule has 0 radical (unpaired) electrons. The van der Waals surface area contributed by atoms with E-state index in [2.05, 4.69) is 43.1 Å². The molecule has 0 spiro atoms. The van der Waals surface area contributed by atoms with Gasteiger partial charge in [-0.25, -0.2) is 0 Å². The first kappa shape index (κ1) is 16.8. The lowest BCUT2D eigenvalue weighted by atomic mass is 10.0. The van der Waals surface area contributed by atoms with Gasteiger partial charge in [0.2, 0.25) is 5.91 Å². The minimum atomic E-state index is 0.0557. The number of amides is 1. The molecular formula is C17H33N3O. The number of rotatable bonds is 7. The van der Waals surface area contributed by atoms with E-state index >= 15 is 0 Å². The Morgan fingerprint density at radius 1 is 1.33 bits per heavy atom. The van der Waals surface area contributed by atoms with Crippen molar-refractivity contribution >= 4 is 5.91 Å². The minimum absolute atomic E-state index is 0.0557. The molecule has 2 aliphatic rings. The van der Waals surface area contributed by atoms with E-state index in [0.29, 0.717) is 11.8 Å². The van der Waals surface area contributed by atoms with Crippen molar-refractivity contribution in [1.29, 1.82) is 0 Å². The summed E-state index contributed by atoms with van der Waals surface area (Å²) in [6, 6.07) is 0.345. The Morgan fingerprint density at radius 2 is 2.00 bits per heavy atom. The lowest BCUT2D eigenvalue weighted by molar-refractivity contribution is -0.133. The zero-order valence-corrected chi connectivity index (χ0v) is 14.3. The maximum atomic E-state index is 12.8. The van der Waals surface area contributed by atoms with E-state index in [-0.39, 0.29) is 18.2 Å². The van der Waals surface area contributed by atoms with Gasteiger partial charge in [0.05, 0.1) is 12.2 Å². The van der Waals surface area contributed by atoms with E-state index in [0.717, 1.165) is 25.8 Å². The van der Waals surface area contributed by atoms with Crippen LogP contribution in [-0.4, -0.2) is 54.6 Å². The SMILES string of the molecule is CCCCC1NC(C2CCCC2)N(C(C)CN(C)C)C1=O. The largest absolute Gasteiger partial charge is 0.322 e. The fourth-order valence-electron chi connectivity index (χ4n) is 4.03. The normalized spacial score (nSPS) is 28.8. The van der Waals surface area contributed by atoms with Crippen LogP contribution in [0.15, 0.2) is 0 Å². The van der Waals surface area contributed by atoms with Gasteiger partial charge >= 0.3 is 0 Å². The van der Waals surface area contributed by atoms with Gasteiger partial charge in [-0.3, -0.25) is 10.1 Å². The monoisotopic (exact) mass is 295 g/mol. The molecule has 2 fully saturated rings. The predicted octanol–water partition coefficient (Wildman–Crippen LogP) is 2.44. The van der Waals surface area contributed by atoms with Crippen LogP contribution in [0.3, 0.4) is 0 Å². The molecular weight excluding hydrogens is 262 g/mol. The molecule has 122 valence electrons. The quantitative estimate of drug-likeness (QED) is 0.783. The first-order valence-electron chi connectivity index (χ1n) is 8.77. The molecule has 3 unspecified atom stereocenters. The summed E-state index contributed by atoms with van der Waals surface area (Å²) in [5, 5.41) is 3.68. The van der Waals surface area contributed by atoms with Crippen molar-refractivity contribution in [2.45, 2.75) is 77.0 Å². The van der Waals surface area contributed by atoms with E-state index in [4.69, 9.17) is 0 Å². The highest BCUT2D eigenvalue weighted by atomic mass is 16.2. The minimum Gasteiger partial charge on any atom is -0.322 e. The molecule has 2 rings (SSSR count). The molecule has 0 aromatic carbocycles. The zero-order chi connectivity index (χ0) is 15.4. The number of unbranched alkanes of at least 4 members (excludes halogenated alkanes) is 1. The van der Waals surface area contributed by atoms with Crippen LogP contribution in [0.4, 0.5) is 0 Å². The second-order valence-corrected chi connectivity index (χ2v) is 7.21. The van der Waals surface area contributed by atoms with Gasteiger partial charge in [0.15, 0.2) is 0 Å². The zero-order valence-electron chi connectivity index (χ0n) is 14.3. The molecule has 3 atom stereocenters. The van der Waals surface area contributed by atoms with Crippen LogP contribution >= 0.6 is 0 Å². The molecule has 4 heteroatoms. The highest BCUT2D eigenvalue weighted by molar-refractivity contribution is 5.84. The fraction of sp³-hybridized carbons (Fsp3) is 0.941. The molecule has 1 heterocycles. The summed E-state index contributed by atoms with van der Waals surface area (Å²) in [6.07, 6.45) is 8.76. The Kier molecular flexibility index (Phi) is 6.06. The number of nitrogens with one attached hydrogen (secondary N) is 1. The third-order valence-corrected chi connectivity index (χ3v) is 5.02. The molecule has 1 saturated carbocycles. The van der Waals surface area contributed by atoms with Gasteiger partial charge < -0.3 is 9.80 Å². The summed E-state index contributed by atoms with van der Waals surface area (Å²) >= 11 is 0. The van der Waals surface area contributed by atoms with Gasteiger partial charge in [-0.05, 0) is 46.2 Å². The van der Waals surface area contributed by atoms with Gasteiger partial charge in [0.25, 0.3) is 0 Å². The fourth-order valence-corrected chi connectivity index (χ4v) is 4.03. The summed E-state index contributed by atoms with van der Waals surface area (Å²) in [4.78, 5) is 17.2. The number of carbonyl (C=O) groups excluding carboxylic acids is 1. The molecule has 1 aliphatic carbocycles. The Balaban J connectivity index is 2.08. The van der Waals surface area contributed by atoms with Crippen LogP contribution in [0, 0.1) is 5.92 Å². The molecule has 4 nitrogen and oxygen atoms in total. The van der Waals surface area contributed by atoms with Crippen molar-refractivity contribution in [3.05, 3.63) is 0 Å². The molecule has 0 bridgehead atoms. The van der Waals surface area contributed by atoms with Crippen LogP contribution in [-0.2, 0) is 4.79 Å². The molecule has 1 aliphatic heterocycles. The van der Waals surface area contributed by atoms with Crippen LogP contribution < -0.4 is 5.32 Å². The Labute approximate surface area is 130 Å². The Bertz CT molecular complexity index is 339. The second kappa shape index (κ2) is 7.59. The summed E-state index contributed by atoms with van der Waals surface area (Å²) < 4.78 is 0. The van der Waals surface area contributed by atoms with Crippen LogP contribution in [0.1, 0.15) is 58.8 Å². The van der Waals surface area contributed by atoms with Gasteiger partial charge in [-0.15, -0.1) is 0 Å². The lowest BCUT2D eigenvalue weighted by Gasteiger charge is -2.35. The molecule has 1 amide bonds. The van der Waals surface area contributed by atoms with Gasteiger partial charge in [-0.2, -0.15) is 0 Å². The smallest absolute Gasteiger partial charge is 0.241 e. The van der Waals surface area contributed by atoms with Gasteiger partial charge in [0.1, 0.15) is 0 Å². The molecule has 21 heavy (non-hydrogen) atoms. The van der Waals surface area contributed by atoms with Gasteiger partial charge in [-0.1, -0.05) is 32.6 Å². The maximum absolute atomic E-state index is 12.8. The van der Waals surface area contributed by atoms with E-state index in [1.807, 2.05) is 0 Å². The number of hydrogen-bond donors (Lipinski definition) is 1. The predicted molar refractivity (Wildman–Crippen MR) is 87.1 cm³/mol. The number of hydrogen-bond acceptors (Lipinski definition) is 3. The Hall–Kier alpha value is -0.610. The van der Waals surface area contributed by atoms with Crippen molar-refractivity contribution in [3.8, 4) is 0 Å². The van der Waals surface area contributed by atoms with Crippen LogP contribution in [0.5, 0.6) is 0 Å². The number of nitrogens with zero attached hydrogens (tertiary/aromatic N) is 2. The average molecular weight is 295 g/mol. The van der Waals surface area contributed by atoms with Crippen molar-refractivity contribution < 1.29 is 4.79 Å².